The van der Waals surface area contributed by atoms with E-state index in [1.54, 1.807) is 7.11 Å². The van der Waals surface area contributed by atoms with Crippen LogP contribution in [-0.4, -0.2) is 62.8 Å². The summed E-state index contributed by atoms with van der Waals surface area (Å²) < 4.78 is 5.22. The summed E-state index contributed by atoms with van der Waals surface area (Å²) in [5.41, 5.74) is 0. The number of guanidine groups is 1. The van der Waals surface area contributed by atoms with E-state index >= 15 is 0 Å². The molecule has 0 aromatic heterocycles. The first-order chi connectivity index (χ1) is 11.2. The summed E-state index contributed by atoms with van der Waals surface area (Å²) in [5, 5.41) is 7.03. The lowest BCUT2D eigenvalue weighted by atomic mass is 9.87. The van der Waals surface area contributed by atoms with Crippen molar-refractivity contribution in [2.45, 2.75) is 64.5 Å². The number of hydrogen-bond acceptors (Lipinski definition) is 3. The molecule has 2 rings (SSSR count). The van der Waals surface area contributed by atoms with Crippen molar-refractivity contribution in [1.29, 1.82) is 0 Å². The molecule has 0 amide bonds. The van der Waals surface area contributed by atoms with Gasteiger partial charge in [-0.25, -0.2) is 0 Å². The van der Waals surface area contributed by atoms with Crippen LogP contribution < -0.4 is 10.6 Å². The maximum atomic E-state index is 5.22. The maximum Gasteiger partial charge on any atom is 0.191 e. The molecule has 0 saturated heterocycles. The van der Waals surface area contributed by atoms with Gasteiger partial charge >= 0.3 is 0 Å². The Morgan fingerprint density at radius 2 is 1.87 bits per heavy atom. The Hall–Kier alpha value is -0.810. The number of aliphatic imine (C=N–C) groups is 1. The van der Waals surface area contributed by atoms with Crippen molar-refractivity contribution in [3.8, 4) is 0 Å². The van der Waals surface area contributed by atoms with E-state index in [-0.39, 0.29) is 0 Å². The van der Waals surface area contributed by atoms with E-state index in [0.717, 1.165) is 50.7 Å². The van der Waals surface area contributed by atoms with Crippen molar-refractivity contribution in [1.82, 2.24) is 15.5 Å². The third kappa shape index (κ3) is 7.08. The van der Waals surface area contributed by atoms with Gasteiger partial charge in [0.1, 0.15) is 0 Å². The van der Waals surface area contributed by atoms with Crippen molar-refractivity contribution in [3.05, 3.63) is 0 Å². The van der Waals surface area contributed by atoms with Crippen LogP contribution in [0.25, 0.3) is 0 Å². The molecular weight excluding hydrogens is 288 g/mol. The van der Waals surface area contributed by atoms with Crippen LogP contribution in [0.5, 0.6) is 0 Å². The summed E-state index contributed by atoms with van der Waals surface area (Å²) in [6.07, 6.45) is 7.90. The largest absolute Gasteiger partial charge is 0.383 e. The number of rotatable bonds is 9. The maximum absolute atomic E-state index is 5.22. The Kier molecular flexibility index (Phi) is 8.17. The van der Waals surface area contributed by atoms with Gasteiger partial charge in [0.25, 0.3) is 0 Å². The molecule has 0 aromatic rings. The number of nitrogens with one attached hydrogen (secondary N) is 2. The first kappa shape index (κ1) is 18.5. The third-order valence-electron chi connectivity index (χ3n) is 5.00. The van der Waals surface area contributed by atoms with E-state index in [9.17, 15) is 0 Å². The topological polar surface area (TPSA) is 48.9 Å². The number of hydrogen-bond donors (Lipinski definition) is 2. The highest BCUT2D eigenvalue weighted by Crippen LogP contribution is 2.26. The minimum atomic E-state index is 0.594. The van der Waals surface area contributed by atoms with Gasteiger partial charge in [0.15, 0.2) is 5.96 Å². The molecule has 0 aromatic carbocycles. The molecule has 0 radical (unpaired) electrons. The molecule has 2 saturated carbocycles. The van der Waals surface area contributed by atoms with E-state index in [2.05, 4.69) is 29.4 Å². The first-order valence-corrected chi connectivity index (χ1v) is 9.50. The molecule has 0 unspecified atom stereocenters. The van der Waals surface area contributed by atoms with Crippen LogP contribution in [-0.2, 0) is 4.74 Å². The fraction of sp³-hybridized carbons (Fsp3) is 0.944. The van der Waals surface area contributed by atoms with Gasteiger partial charge in [0.2, 0.25) is 0 Å². The van der Waals surface area contributed by atoms with Crippen molar-refractivity contribution in [2.24, 2.45) is 10.9 Å². The highest BCUT2D eigenvalue weighted by Gasteiger charge is 2.28. The average molecular weight is 325 g/mol. The summed E-state index contributed by atoms with van der Waals surface area (Å²) in [6, 6.07) is 1.37. The third-order valence-corrected chi connectivity index (χ3v) is 5.00. The molecule has 0 atom stereocenters. The predicted molar refractivity (Wildman–Crippen MR) is 97.0 cm³/mol. The average Bonchev–Trinajstić information content (AvgIpc) is 3.38. The molecule has 5 nitrogen and oxygen atoms in total. The second kappa shape index (κ2) is 10.1. The molecule has 2 fully saturated rings. The van der Waals surface area contributed by atoms with Gasteiger partial charge in [-0.3, -0.25) is 9.89 Å². The zero-order chi connectivity index (χ0) is 16.5. The van der Waals surface area contributed by atoms with Gasteiger partial charge < -0.3 is 15.4 Å². The second-order valence-corrected chi connectivity index (χ2v) is 7.12. The van der Waals surface area contributed by atoms with Gasteiger partial charge in [-0.15, -0.1) is 0 Å². The number of nitrogens with zero attached hydrogens (tertiary/aromatic N) is 2. The van der Waals surface area contributed by atoms with Crippen molar-refractivity contribution in [3.63, 3.8) is 0 Å². The summed E-state index contributed by atoms with van der Waals surface area (Å²) in [6.45, 7) is 9.16. The van der Waals surface area contributed by atoms with Gasteiger partial charge in [-0.05, 0) is 51.4 Å². The Morgan fingerprint density at radius 1 is 1.13 bits per heavy atom. The lowest BCUT2D eigenvalue weighted by Gasteiger charge is -2.28. The fourth-order valence-corrected chi connectivity index (χ4v) is 3.33. The fourth-order valence-electron chi connectivity index (χ4n) is 3.33. The predicted octanol–water partition coefficient (Wildman–Crippen LogP) is 2.23. The quantitative estimate of drug-likeness (QED) is 0.504. The SMILES string of the molecule is CCNC(=NCCN(CCOC)C1CC1)NC1CCC(C)CC1. The van der Waals surface area contributed by atoms with Crippen LogP contribution in [0, 0.1) is 5.92 Å². The first-order valence-electron chi connectivity index (χ1n) is 9.50. The van der Waals surface area contributed by atoms with Gasteiger partial charge in [0, 0.05) is 38.8 Å². The molecule has 0 bridgehead atoms. The van der Waals surface area contributed by atoms with Crippen LogP contribution in [0.1, 0.15) is 52.4 Å². The standard InChI is InChI=1S/C18H36N4O/c1-4-19-18(21-16-7-5-15(2)6-8-16)20-11-12-22(13-14-23-3)17-9-10-17/h15-17H,4-14H2,1-3H3,(H2,19,20,21). The van der Waals surface area contributed by atoms with E-state index in [1.807, 2.05) is 0 Å². The van der Waals surface area contributed by atoms with E-state index < -0.39 is 0 Å². The molecule has 2 N–H and O–H groups in total. The normalized spacial score (nSPS) is 25.7. The van der Waals surface area contributed by atoms with Crippen LogP contribution in [0.2, 0.25) is 0 Å². The molecule has 0 heterocycles. The molecule has 2 aliphatic carbocycles. The molecule has 2 aliphatic rings. The lowest BCUT2D eigenvalue weighted by Crippen LogP contribution is -2.45. The Labute approximate surface area is 142 Å². The van der Waals surface area contributed by atoms with Gasteiger partial charge in [-0.1, -0.05) is 6.92 Å². The van der Waals surface area contributed by atoms with Crippen LogP contribution in [0.3, 0.4) is 0 Å². The summed E-state index contributed by atoms with van der Waals surface area (Å²) in [5.74, 6) is 1.88. The van der Waals surface area contributed by atoms with Crippen molar-refractivity contribution < 1.29 is 4.74 Å². The number of methoxy groups -OCH3 is 1. The van der Waals surface area contributed by atoms with E-state index in [1.165, 1.54) is 38.5 Å². The Bertz CT molecular complexity index is 349. The monoisotopic (exact) mass is 324 g/mol. The van der Waals surface area contributed by atoms with Crippen LogP contribution in [0.4, 0.5) is 0 Å². The molecule has 5 heteroatoms. The lowest BCUT2D eigenvalue weighted by molar-refractivity contribution is 0.145. The molecular formula is C18H36N4O. The smallest absolute Gasteiger partial charge is 0.191 e. The zero-order valence-corrected chi connectivity index (χ0v) is 15.3. The van der Waals surface area contributed by atoms with Crippen LogP contribution >= 0.6 is 0 Å². The van der Waals surface area contributed by atoms with Crippen molar-refractivity contribution in [2.75, 3.05) is 39.9 Å². The Balaban J connectivity index is 1.75. The molecule has 23 heavy (non-hydrogen) atoms. The summed E-state index contributed by atoms with van der Waals surface area (Å²) in [4.78, 5) is 7.32. The highest BCUT2D eigenvalue weighted by atomic mass is 16.5. The zero-order valence-electron chi connectivity index (χ0n) is 15.3. The van der Waals surface area contributed by atoms with E-state index in [0.29, 0.717) is 6.04 Å². The summed E-state index contributed by atoms with van der Waals surface area (Å²) >= 11 is 0. The molecule has 0 aliphatic heterocycles. The highest BCUT2D eigenvalue weighted by molar-refractivity contribution is 5.80. The van der Waals surface area contributed by atoms with Crippen molar-refractivity contribution >= 4 is 5.96 Å². The number of ether oxygens (including phenoxy) is 1. The van der Waals surface area contributed by atoms with Gasteiger partial charge in [0.05, 0.1) is 13.2 Å². The summed E-state index contributed by atoms with van der Waals surface area (Å²) in [7, 11) is 1.78. The minimum absolute atomic E-state index is 0.594. The second-order valence-electron chi connectivity index (χ2n) is 7.12. The van der Waals surface area contributed by atoms with Gasteiger partial charge in [-0.2, -0.15) is 0 Å². The van der Waals surface area contributed by atoms with E-state index in [4.69, 9.17) is 9.73 Å². The molecule has 134 valence electrons. The Morgan fingerprint density at radius 3 is 2.48 bits per heavy atom. The molecule has 0 spiro atoms. The van der Waals surface area contributed by atoms with Crippen LogP contribution in [0.15, 0.2) is 4.99 Å². The minimum Gasteiger partial charge on any atom is -0.383 e.